The minimum absolute atomic E-state index is 1.06. The molecule has 1 N–H and O–H groups in total. The van der Waals surface area contributed by atoms with E-state index in [1.165, 1.54) is 10.8 Å². The fraction of sp³-hybridized carbons (Fsp3) is 0. The van der Waals surface area contributed by atoms with Crippen molar-refractivity contribution in [1.82, 2.24) is 0 Å². The van der Waals surface area contributed by atoms with E-state index in [2.05, 4.69) is 85.2 Å². The maximum absolute atomic E-state index is 3.85. The number of nitrogens with one attached hydrogen (secondary N) is 1. The van der Waals surface area contributed by atoms with Crippen LogP contribution in [-0.2, 0) is 0 Å². The van der Waals surface area contributed by atoms with Crippen LogP contribution in [0.4, 0.5) is 11.4 Å². The zero-order valence-corrected chi connectivity index (χ0v) is 13.0. The van der Waals surface area contributed by atoms with E-state index in [9.17, 15) is 0 Å². The van der Waals surface area contributed by atoms with Gasteiger partial charge in [0.25, 0.3) is 0 Å². The number of hydrogen-bond acceptors (Lipinski definition) is 1. The molecule has 0 bridgehead atoms. The Morgan fingerprint density at radius 3 is 2.30 bits per heavy atom. The van der Waals surface area contributed by atoms with E-state index in [0.717, 1.165) is 22.5 Å². The Morgan fingerprint density at radius 2 is 1.57 bits per heavy atom. The molecule has 0 saturated carbocycles. The van der Waals surface area contributed by atoms with Crippen LogP contribution in [0.1, 0.15) is 5.56 Å². The molecule has 112 valence electrons. The van der Waals surface area contributed by atoms with Crippen LogP contribution < -0.4 is 5.32 Å². The zero-order valence-electron chi connectivity index (χ0n) is 13.0. The van der Waals surface area contributed by atoms with E-state index in [1.807, 2.05) is 12.2 Å². The van der Waals surface area contributed by atoms with Gasteiger partial charge >= 0.3 is 0 Å². The van der Waals surface area contributed by atoms with Crippen LogP contribution in [0, 0.1) is 0 Å². The highest BCUT2D eigenvalue weighted by molar-refractivity contribution is 5.95. The molecule has 3 rings (SSSR count). The fourth-order valence-electron chi connectivity index (χ4n) is 2.65. The lowest BCUT2D eigenvalue weighted by atomic mass is 10.0. The van der Waals surface area contributed by atoms with Crippen molar-refractivity contribution >= 4 is 27.7 Å². The predicted molar refractivity (Wildman–Crippen MR) is 102 cm³/mol. The van der Waals surface area contributed by atoms with Crippen LogP contribution in [-0.4, -0.2) is 0 Å². The Morgan fingerprint density at radius 1 is 0.826 bits per heavy atom. The lowest BCUT2D eigenvalue weighted by Crippen LogP contribution is -1.92. The van der Waals surface area contributed by atoms with Gasteiger partial charge in [0.2, 0.25) is 0 Å². The third-order valence-electron chi connectivity index (χ3n) is 3.80. The average Bonchev–Trinajstić information content (AvgIpc) is 2.61. The van der Waals surface area contributed by atoms with Gasteiger partial charge in [-0.2, -0.15) is 0 Å². The van der Waals surface area contributed by atoms with E-state index < -0.39 is 0 Å². The number of fused-ring (bicyclic) bond motifs is 1. The molecule has 3 aromatic rings. The first-order chi connectivity index (χ1) is 11.3. The molecule has 0 aliphatic rings. The molecule has 0 unspecified atom stereocenters. The molecule has 3 aromatic carbocycles. The van der Waals surface area contributed by atoms with Gasteiger partial charge in [-0.15, -0.1) is 0 Å². The van der Waals surface area contributed by atoms with Crippen molar-refractivity contribution in [1.29, 1.82) is 0 Å². The van der Waals surface area contributed by atoms with Crippen molar-refractivity contribution in [2.45, 2.75) is 0 Å². The predicted octanol–water partition coefficient (Wildman–Crippen LogP) is 6.34. The average molecular weight is 297 g/mol. The molecule has 0 saturated heterocycles. The number of benzene rings is 3. The van der Waals surface area contributed by atoms with Gasteiger partial charge in [-0.3, -0.25) is 0 Å². The normalized spacial score (nSPS) is 11.2. The van der Waals surface area contributed by atoms with Crippen LogP contribution >= 0.6 is 0 Å². The summed E-state index contributed by atoms with van der Waals surface area (Å²) < 4.78 is 0. The van der Waals surface area contributed by atoms with Crippen LogP contribution in [0.3, 0.4) is 0 Å². The lowest BCUT2D eigenvalue weighted by Gasteiger charge is -2.11. The first kappa shape index (κ1) is 14.9. The number of anilines is 2. The van der Waals surface area contributed by atoms with Gasteiger partial charge in [0.15, 0.2) is 0 Å². The summed E-state index contributed by atoms with van der Waals surface area (Å²) in [5.41, 5.74) is 4.37. The van der Waals surface area contributed by atoms with Gasteiger partial charge in [0.1, 0.15) is 0 Å². The summed E-state index contributed by atoms with van der Waals surface area (Å²) in [6.07, 6.45) is 5.58. The van der Waals surface area contributed by atoms with Gasteiger partial charge in [0.05, 0.1) is 0 Å². The largest absolute Gasteiger partial charge is 0.355 e. The SMILES string of the molecule is C=C/C=C(\C=C)c1ccc(Nc2cccc3ccccc23)cc1. The Kier molecular flexibility index (Phi) is 4.39. The molecule has 1 heteroatoms. The van der Waals surface area contributed by atoms with Crippen molar-refractivity contribution < 1.29 is 0 Å². The molecule has 1 nitrogen and oxygen atoms in total. The molecule has 23 heavy (non-hydrogen) atoms. The van der Waals surface area contributed by atoms with Gasteiger partial charge < -0.3 is 5.32 Å². The van der Waals surface area contributed by atoms with Crippen molar-refractivity contribution in [3.8, 4) is 0 Å². The summed E-state index contributed by atoms with van der Waals surface area (Å²) in [5.74, 6) is 0. The molecular formula is C22H19N. The standard InChI is InChI=1S/C22H19N/c1-3-8-17(4-2)18-13-15-20(16-14-18)23-22-12-7-10-19-9-5-6-11-21(19)22/h3-16,23H,1-2H2/b17-8+. The Bertz CT molecular complexity index is 865. The highest BCUT2D eigenvalue weighted by Crippen LogP contribution is 2.27. The van der Waals surface area contributed by atoms with Crippen molar-refractivity contribution in [2.24, 2.45) is 0 Å². The second kappa shape index (κ2) is 6.80. The molecule has 0 spiro atoms. The minimum atomic E-state index is 1.06. The monoisotopic (exact) mass is 297 g/mol. The lowest BCUT2D eigenvalue weighted by molar-refractivity contribution is 1.55. The molecule has 0 aromatic heterocycles. The molecule has 0 aliphatic heterocycles. The van der Waals surface area contributed by atoms with Gasteiger partial charge in [-0.05, 0) is 34.7 Å². The van der Waals surface area contributed by atoms with Crippen LogP contribution in [0.25, 0.3) is 16.3 Å². The van der Waals surface area contributed by atoms with Crippen molar-refractivity contribution in [3.63, 3.8) is 0 Å². The Balaban J connectivity index is 1.90. The van der Waals surface area contributed by atoms with Crippen LogP contribution in [0.2, 0.25) is 0 Å². The number of allylic oxidation sites excluding steroid dienone is 4. The topological polar surface area (TPSA) is 12.0 Å². The van der Waals surface area contributed by atoms with Gasteiger partial charge in [-0.1, -0.05) is 79.9 Å². The van der Waals surface area contributed by atoms with Crippen molar-refractivity contribution in [2.75, 3.05) is 5.32 Å². The molecule has 0 radical (unpaired) electrons. The number of hydrogen-bond donors (Lipinski definition) is 1. The highest BCUT2D eigenvalue weighted by Gasteiger charge is 2.02. The Hall–Kier alpha value is -3.06. The van der Waals surface area contributed by atoms with Gasteiger partial charge in [-0.25, -0.2) is 0 Å². The molecule has 0 aliphatic carbocycles. The maximum Gasteiger partial charge on any atom is 0.0463 e. The molecule has 0 atom stereocenters. The second-order valence-electron chi connectivity index (χ2n) is 5.29. The van der Waals surface area contributed by atoms with Crippen LogP contribution in [0.5, 0.6) is 0 Å². The van der Waals surface area contributed by atoms with E-state index in [0.29, 0.717) is 0 Å². The molecule has 0 amide bonds. The smallest absolute Gasteiger partial charge is 0.0463 e. The van der Waals surface area contributed by atoms with E-state index in [-0.39, 0.29) is 0 Å². The minimum Gasteiger partial charge on any atom is -0.355 e. The van der Waals surface area contributed by atoms with Gasteiger partial charge in [0, 0.05) is 16.8 Å². The molecular weight excluding hydrogens is 278 g/mol. The first-order valence-electron chi connectivity index (χ1n) is 7.62. The van der Waals surface area contributed by atoms with Crippen molar-refractivity contribution in [3.05, 3.63) is 104 Å². The second-order valence-corrected chi connectivity index (χ2v) is 5.29. The third kappa shape index (κ3) is 3.24. The van der Waals surface area contributed by atoms with E-state index >= 15 is 0 Å². The number of rotatable bonds is 5. The summed E-state index contributed by atoms with van der Waals surface area (Å²) >= 11 is 0. The van der Waals surface area contributed by atoms with E-state index in [4.69, 9.17) is 0 Å². The summed E-state index contributed by atoms with van der Waals surface area (Å²) in [7, 11) is 0. The first-order valence-corrected chi connectivity index (χ1v) is 7.62. The summed E-state index contributed by atoms with van der Waals surface area (Å²) in [6.45, 7) is 7.59. The summed E-state index contributed by atoms with van der Waals surface area (Å²) in [4.78, 5) is 0. The summed E-state index contributed by atoms with van der Waals surface area (Å²) in [5, 5.41) is 5.95. The van der Waals surface area contributed by atoms with Crippen LogP contribution in [0.15, 0.2) is 98.1 Å². The molecule has 0 heterocycles. The zero-order chi connectivity index (χ0) is 16.1. The Labute approximate surface area is 137 Å². The summed E-state index contributed by atoms with van der Waals surface area (Å²) in [6, 6.07) is 23.0. The van der Waals surface area contributed by atoms with E-state index in [1.54, 1.807) is 6.08 Å². The molecule has 0 fully saturated rings. The quantitative estimate of drug-likeness (QED) is 0.542. The fourth-order valence-corrected chi connectivity index (χ4v) is 2.65. The maximum atomic E-state index is 3.85. The third-order valence-corrected chi connectivity index (χ3v) is 3.80. The highest BCUT2D eigenvalue weighted by atomic mass is 14.9.